The molecule has 70 valence electrons. The van der Waals surface area contributed by atoms with E-state index in [0.29, 0.717) is 6.42 Å². The van der Waals surface area contributed by atoms with E-state index in [1.54, 1.807) is 0 Å². The Hall–Kier alpha value is -0.0700. The lowest BCUT2D eigenvalue weighted by molar-refractivity contribution is 0.217. The van der Waals surface area contributed by atoms with Crippen molar-refractivity contribution >= 4 is 15.9 Å². The molecule has 0 aromatic heterocycles. The van der Waals surface area contributed by atoms with Crippen LogP contribution in [0, 0.1) is 11.8 Å². The van der Waals surface area contributed by atoms with E-state index in [-0.39, 0.29) is 0 Å². The van der Waals surface area contributed by atoms with E-state index in [9.17, 15) is 4.39 Å². The number of hydrogen-bond donors (Lipinski definition) is 1. The van der Waals surface area contributed by atoms with Crippen LogP contribution < -0.4 is 0 Å². The van der Waals surface area contributed by atoms with Crippen molar-refractivity contribution in [3.8, 4) is 11.8 Å². The zero-order chi connectivity index (χ0) is 9.40. The lowest BCUT2D eigenvalue weighted by Gasteiger charge is -2.00. The molecule has 0 aromatic rings. The molecule has 0 amide bonds. The molecule has 0 aliphatic carbocycles. The molecule has 1 nitrogen and oxygen atoms in total. The first-order valence-electron chi connectivity index (χ1n) is 4.14. The average molecular weight is 237 g/mol. The quantitative estimate of drug-likeness (QED) is 0.452. The van der Waals surface area contributed by atoms with Gasteiger partial charge in [-0.3, -0.25) is 0 Å². The van der Waals surface area contributed by atoms with E-state index < -0.39 is 11.2 Å². The summed E-state index contributed by atoms with van der Waals surface area (Å²) in [4.78, 5) is 0. The fourth-order valence-electron chi connectivity index (χ4n) is 0.819. The van der Waals surface area contributed by atoms with E-state index in [2.05, 4.69) is 34.7 Å². The van der Waals surface area contributed by atoms with Crippen LogP contribution >= 0.6 is 15.9 Å². The fourth-order valence-corrected chi connectivity index (χ4v) is 0.951. The molecule has 0 radical (unpaired) electrons. The molecule has 0 spiro atoms. The molecule has 2 unspecified atom stereocenters. The zero-order valence-corrected chi connectivity index (χ0v) is 8.77. The molecule has 12 heavy (non-hydrogen) atoms. The molecular formula is C9H14BrFO. The maximum absolute atomic E-state index is 12.1. The summed E-state index contributed by atoms with van der Waals surface area (Å²) in [5.41, 5.74) is 0. The second kappa shape index (κ2) is 7.57. The summed E-state index contributed by atoms with van der Waals surface area (Å²) < 4.78 is 12.1. The summed E-state index contributed by atoms with van der Waals surface area (Å²) >= 11 is 2.63. The highest BCUT2D eigenvalue weighted by Gasteiger charge is 1.98. The Labute approximate surface area is 81.5 Å². The molecular weight excluding hydrogens is 223 g/mol. The van der Waals surface area contributed by atoms with Gasteiger partial charge in [-0.1, -0.05) is 31.6 Å². The van der Waals surface area contributed by atoms with Gasteiger partial charge in [0.25, 0.3) is 0 Å². The molecule has 0 bridgehead atoms. The normalized spacial score (nSPS) is 14.7. The number of aliphatic hydroxyl groups is 1. The van der Waals surface area contributed by atoms with Crippen molar-refractivity contribution < 1.29 is 9.50 Å². The lowest BCUT2D eigenvalue weighted by Crippen LogP contribution is -2.02. The largest absolute Gasteiger partial charge is 0.380 e. The molecule has 0 aliphatic rings. The van der Waals surface area contributed by atoms with Gasteiger partial charge < -0.3 is 5.11 Å². The standard InChI is InChI=1S/C9H14BrFO/c1-2-3-4-5-8(12)6-7-9(10)11/h8-9,12H,2-5H2,1H3. The summed E-state index contributed by atoms with van der Waals surface area (Å²) in [5, 5.41) is 7.84. The maximum atomic E-state index is 12.1. The molecule has 0 aliphatic heterocycles. The predicted octanol–water partition coefficient (Wildman–Crippen LogP) is 2.62. The average Bonchev–Trinajstić information content (AvgIpc) is 2.01. The molecule has 3 heteroatoms. The summed E-state index contributed by atoms with van der Waals surface area (Å²) in [5.74, 6) is 4.65. The van der Waals surface area contributed by atoms with Gasteiger partial charge in [-0.2, -0.15) is 0 Å². The number of hydrogen-bond acceptors (Lipinski definition) is 1. The van der Waals surface area contributed by atoms with Gasteiger partial charge in [-0.05, 0) is 28.8 Å². The van der Waals surface area contributed by atoms with Gasteiger partial charge in [-0.25, -0.2) is 4.39 Å². The van der Waals surface area contributed by atoms with Crippen molar-refractivity contribution in [2.24, 2.45) is 0 Å². The summed E-state index contributed by atoms with van der Waals surface area (Å²) in [6.07, 6.45) is 3.12. The second-order valence-electron chi connectivity index (χ2n) is 2.60. The van der Waals surface area contributed by atoms with Crippen molar-refractivity contribution in [3.05, 3.63) is 0 Å². The molecule has 0 aromatic carbocycles. The van der Waals surface area contributed by atoms with Crippen molar-refractivity contribution in [2.75, 3.05) is 0 Å². The number of aliphatic hydroxyl groups excluding tert-OH is 1. The molecule has 2 atom stereocenters. The number of rotatable bonds is 4. The third-order valence-corrected chi connectivity index (χ3v) is 1.67. The van der Waals surface area contributed by atoms with Gasteiger partial charge in [0.05, 0.1) is 0 Å². The monoisotopic (exact) mass is 236 g/mol. The van der Waals surface area contributed by atoms with Gasteiger partial charge in [-0.15, -0.1) is 0 Å². The van der Waals surface area contributed by atoms with Crippen LogP contribution in [0.2, 0.25) is 0 Å². The smallest absolute Gasteiger partial charge is 0.215 e. The minimum Gasteiger partial charge on any atom is -0.380 e. The first-order chi connectivity index (χ1) is 5.66. The third kappa shape index (κ3) is 8.03. The van der Waals surface area contributed by atoms with Gasteiger partial charge in [0.1, 0.15) is 6.10 Å². The van der Waals surface area contributed by atoms with Crippen LogP contribution in [0.25, 0.3) is 0 Å². The van der Waals surface area contributed by atoms with Crippen LogP contribution in [0.3, 0.4) is 0 Å². The zero-order valence-electron chi connectivity index (χ0n) is 7.19. The SMILES string of the molecule is CCCCCC(O)C#CC(F)Br. The highest BCUT2D eigenvalue weighted by atomic mass is 79.9. The summed E-state index contributed by atoms with van der Waals surface area (Å²) in [6.45, 7) is 2.09. The molecule has 0 rings (SSSR count). The molecule has 0 heterocycles. The van der Waals surface area contributed by atoms with Gasteiger partial charge in [0, 0.05) is 0 Å². The minimum absolute atomic E-state index is 0.639. The first-order valence-corrected chi connectivity index (χ1v) is 5.05. The fraction of sp³-hybridized carbons (Fsp3) is 0.778. The van der Waals surface area contributed by atoms with E-state index in [1.807, 2.05) is 0 Å². The second-order valence-corrected chi connectivity index (χ2v) is 3.40. The van der Waals surface area contributed by atoms with Crippen LogP contribution in [0.1, 0.15) is 32.6 Å². The van der Waals surface area contributed by atoms with Gasteiger partial charge in [0.15, 0.2) is 0 Å². The summed E-state index contributed by atoms with van der Waals surface area (Å²) in [6, 6.07) is 0. The topological polar surface area (TPSA) is 20.2 Å². The Morgan fingerprint density at radius 1 is 1.42 bits per heavy atom. The molecule has 1 N–H and O–H groups in total. The lowest BCUT2D eigenvalue weighted by atomic mass is 10.1. The van der Waals surface area contributed by atoms with Crippen LogP contribution in [0.4, 0.5) is 4.39 Å². The van der Waals surface area contributed by atoms with E-state index >= 15 is 0 Å². The van der Waals surface area contributed by atoms with Crippen molar-refractivity contribution in [3.63, 3.8) is 0 Å². The number of halogens is 2. The van der Waals surface area contributed by atoms with Crippen LogP contribution in [0.15, 0.2) is 0 Å². The van der Waals surface area contributed by atoms with E-state index in [4.69, 9.17) is 5.11 Å². The number of alkyl halides is 2. The predicted molar refractivity (Wildman–Crippen MR) is 51.7 cm³/mol. The Morgan fingerprint density at radius 2 is 2.08 bits per heavy atom. The van der Waals surface area contributed by atoms with Crippen molar-refractivity contribution in [1.82, 2.24) is 0 Å². The molecule has 0 saturated carbocycles. The van der Waals surface area contributed by atoms with Crippen LogP contribution in [0.5, 0.6) is 0 Å². The highest BCUT2D eigenvalue weighted by Crippen LogP contribution is 2.03. The Kier molecular flexibility index (Phi) is 7.53. The van der Waals surface area contributed by atoms with Gasteiger partial charge in [0.2, 0.25) is 5.08 Å². The summed E-state index contributed by atoms with van der Waals surface area (Å²) in [7, 11) is 0. The Morgan fingerprint density at radius 3 is 2.58 bits per heavy atom. The molecule has 0 saturated heterocycles. The first kappa shape index (κ1) is 11.9. The van der Waals surface area contributed by atoms with Crippen LogP contribution in [-0.4, -0.2) is 16.3 Å². The van der Waals surface area contributed by atoms with Crippen molar-refractivity contribution in [1.29, 1.82) is 0 Å². The van der Waals surface area contributed by atoms with Gasteiger partial charge >= 0.3 is 0 Å². The van der Waals surface area contributed by atoms with E-state index in [1.165, 1.54) is 0 Å². The van der Waals surface area contributed by atoms with Crippen molar-refractivity contribution in [2.45, 2.75) is 43.8 Å². The Balaban J connectivity index is 3.47. The Bertz CT molecular complexity index is 160. The highest BCUT2D eigenvalue weighted by molar-refractivity contribution is 9.09. The third-order valence-electron chi connectivity index (χ3n) is 1.44. The van der Waals surface area contributed by atoms with E-state index in [0.717, 1.165) is 19.3 Å². The maximum Gasteiger partial charge on any atom is 0.215 e. The van der Waals surface area contributed by atoms with Crippen LogP contribution in [-0.2, 0) is 0 Å². The minimum atomic E-state index is -1.32. The number of unbranched alkanes of at least 4 members (excludes halogenated alkanes) is 2. The molecule has 0 fully saturated rings.